The number of hydrogen-bond donors (Lipinski definition) is 0. The minimum atomic E-state index is -0.108. The van der Waals surface area contributed by atoms with E-state index in [1.165, 1.54) is 49.6 Å². The fourth-order valence-electron chi connectivity index (χ4n) is 9.10. The van der Waals surface area contributed by atoms with E-state index in [0.29, 0.717) is 0 Å². The average Bonchev–Trinajstić information content (AvgIpc) is 3.48. The first-order valence-corrected chi connectivity index (χ1v) is 16.6. The van der Waals surface area contributed by atoms with Crippen LogP contribution in [0.3, 0.4) is 0 Å². The van der Waals surface area contributed by atoms with Crippen molar-refractivity contribution in [2.24, 2.45) is 0 Å². The van der Waals surface area contributed by atoms with Crippen molar-refractivity contribution in [3.05, 3.63) is 151 Å². The zero-order chi connectivity index (χ0) is 31.1. The van der Waals surface area contributed by atoms with Crippen molar-refractivity contribution in [1.29, 1.82) is 0 Å². The van der Waals surface area contributed by atoms with Crippen molar-refractivity contribution in [2.45, 2.75) is 12.1 Å². The van der Waals surface area contributed by atoms with Gasteiger partial charge in [-0.15, -0.1) is 0 Å². The Morgan fingerprint density at radius 3 is 2.12 bits per heavy atom. The largest absolute Gasteiger partial charge is 0.482 e. The second-order valence-electron chi connectivity index (χ2n) is 13.2. The number of aromatic nitrogens is 1. The molecule has 7 aromatic rings. The van der Waals surface area contributed by atoms with E-state index in [9.17, 15) is 0 Å². The molecule has 0 N–H and O–H groups in total. The van der Waals surface area contributed by atoms with Crippen LogP contribution in [-0.2, 0) is 0 Å². The number of nitrogens with zero attached hydrogens (tertiary/aromatic N) is 3. The molecule has 12 rings (SSSR count). The quantitative estimate of drug-likeness (QED) is 0.173. The van der Waals surface area contributed by atoms with Gasteiger partial charge >= 0.3 is 0 Å². The molecule has 5 heterocycles. The van der Waals surface area contributed by atoms with E-state index in [-0.39, 0.29) is 18.9 Å². The molecular formula is C42H26BN3O2. The monoisotopic (exact) mass is 615 g/mol. The molecule has 48 heavy (non-hydrogen) atoms. The fraction of sp³-hybridized carbons (Fsp3) is 0.0476. The van der Waals surface area contributed by atoms with Crippen LogP contribution in [0.1, 0.15) is 0 Å². The Kier molecular flexibility index (Phi) is 4.59. The number of benzene rings is 6. The summed E-state index contributed by atoms with van der Waals surface area (Å²) in [7, 11) is 0. The normalized spacial score (nSPS) is 18.7. The van der Waals surface area contributed by atoms with Crippen LogP contribution < -0.4 is 30.2 Å². The summed E-state index contributed by atoms with van der Waals surface area (Å²) in [6.45, 7) is 0.0461. The maximum Gasteiger partial charge on any atom is 0.247 e. The molecule has 224 valence electrons. The Bertz CT molecular complexity index is 2580. The second-order valence-corrected chi connectivity index (χ2v) is 13.2. The highest BCUT2D eigenvalue weighted by Crippen LogP contribution is 2.55. The zero-order valence-corrected chi connectivity index (χ0v) is 25.7. The average molecular weight is 616 g/mol. The molecule has 0 bridgehead atoms. The molecule has 6 aromatic carbocycles. The van der Waals surface area contributed by atoms with E-state index in [4.69, 9.17) is 9.47 Å². The molecule has 4 aliphatic heterocycles. The third kappa shape index (κ3) is 2.99. The van der Waals surface area contributed by atoms with Crippen LogP contribution in [0.4, 0.5) is 28.4 Å². The lowest BCUT2D eigenvalue weighted by Gasteiger charge is -2.53. The molecule has 0 amide bonds. The van der Waals surface area contributed by atoms with E-state index in [2.05, 4.69) is 160 Å². The predicted molar refractivity (Wildman–Crippen MR) is 195 cm³/mol. The van der Waals surface area contributed by atoms with Crippen molar-refractivity contribution in [3.63, 3.8) is 0 Å². The van der Waals surface area contributed by atoms with Gasteiger partial charge in [0, 0.05) is 22.1 Å². The third-order valence-corrected chi connectivity index (χ3v) is 10.9. The Labute approximate surface area is 277 Å². The molecule has 5 aliphatic rings. The summed E-state index contributed by atoms with van der Waals surface area (Å²) in [6, 6.07) is 45.9. The summed E-state index contributed by atoms with van der Waals surface area (Å²) in [5.74, 6) is 2.66. The molecular weight excluding hydrogens is 589 g/mol. The molecule has 2 atom stereocenters. The van der Waals surface area contributed by atoms with Gasteiger partial charge in [-0.2, -0.15) is 0 Å². The number of ether oxygens (including phenoxy) is 2. The Hall–Kier alpha value is -6.14. The maximum absolute atomic E-state index is 6.75. The van der Waals surface area contributed by atoms with Gasteiger partial charge in [0.2, 0.25) is 6.71 Å². The number of allylic oxidation sites excluding steroid dienone is 2. The molecule has 6 heteroatoms. The number of fused-ring (bicyclic) bond motifs is 11. The molecule has 2 unspecified atom stereocenters. The van der Waals surface area contributed by atoms with Crippen LogP contribution in [0.5, 0.6) is 17.2 Å². The summed E-state index contributed by atoms with van der Waals surface area (Å²) >= 11 is 0. The third-order valence-electron chi connectivity index (χ3n) is 10.9. The van der Waals surface area contributed by atoms with Crippen LogP contribution in [0.15, 0.2) is 151 Å². The molecule has 0 saturated heterocycles. The van der Waals surface area contributed by atoms with Crippen LogP contribution in [0, 0.1) is 0 Å². The Morgan fingerprint density at radius 2 is 1.29 bits per heavy atom. The topological polar surface area (TPSA) is 29.9 Å². The van der Waals surface area contributed by atoms with Crippen molar-refractivity contribution in [2.75, 3.05) is 9.80 Å². The number of para-hydroxylation sites is 7. The predicted octanol–water partition coefficient (Wildman–Crippen LogP) is 8.60. The Balaban J connectivity index is 1.26. The van der Waals surface area contributed by atoms with Gasteiger partial charge in [0.05, 0.1) is 39.8 Å². The standard InChI is InChI=1S/C42H26BN3O2/c1-3-15-30-26(11-1)27-12-2-4-16-31(27)44(30)25-23-34-40-35(24-25)46-33-18-6-8-20-37(33)48-39-22-10-14-29(42(39)46)43(40)28-13-9-21-38-41(28)45(34)32-17-5-7-19-36(32)47-38/h1-24,38,41H. The van der Waals surface area contributed by atoms with Crippen molar-refractivity contribution in [3.8, 4) is 22.9 Å². The van der Waals surface area contributed by atoms with Crippen molar-refractivity contribution < 1.29 is 9.47 Å². The van der Waals surface area contributed by atoms with Gasteiger partial charge in [0.25, 0.3) is 0 Å². The maximum atomic E-state index is 6.75. The highest BCUT2D eigenvalue weighted by molar-refractivity contribution is 6.95. The number of anilines is 5. The zero-order valence-electron chi connectivity index (χ0n) is 25.7. The lowest BCUT2D eigenvalue weighted by atomic mass is 9.31. The summed E-state index contributed by atoms with van der Waals surface area (Å²) in [5.41, 5.74) is 13.1. The highest BCUT2D eigenvalue weighted by Gasteiger charge is 2.53. The summed E-state index contributed by atoms with van der Waals surface area (Å²) < 4.78 is 15.8. The van der Waals surface area contributed by atoms with Gasteiger partial charge in [-0.1, -0.05) is 90.4 Å². The highest BCUT2D eigenvalue weighted by atomic mass is 16.5. The van der Waals surface area contributed by atoms with Crippen LogP contribution >= 0.6 is 0 Å². The molecule has 5 nitrogen and oxygen atoms in total. The van der Waals surface area contributed by atoms with Crippen molar-refractivity contribution in [1.82, 2.24) is 4.57 Å². The fourth-order valence-corrected chi connectivity index (χ4v) is 9.10. The summed E-state index contributed by atoms with van der Waals surface area (Å²) in [6.07, 6.45) is 6.63. The number of rotatable bonds is 1. The van der Waals surface area contributed by atoms with Gasteiger partial charge in [-0.3, -0.25) is 0 Å². The van der Waals surface area contributed by atoms with Gasteiger partial charge in [0.15, 0.2) is 11.5 Å². The first-order chi connectivity index (χ1) is 23.8. The SMILES string of the molecule is C1=CC2Oc3ccccc3N3c4cc(-n5c6ccccc6c6ccccc65)cc5c4B(C(=C1)C23)c1cccc2c1N5c1ccccc1O2. The Morgan fingerprint density at radius 1 is 0.604 bits per heavy atom. The minimum Gasteiger partial charge on any atom is -0.482 e. The smallest absolute Gasteiger partial charge is 0.247 e. The van der Waals surface area contributed by atoms with E-state index < -0.39 is 0 Å². The molecule has 0 fully saturated rings. The van der Waals surface area contributed by atoms with E-state index in [0.717, 1.165) is 40.0 Å². The van der Waals surface area contributed by atoms with Crippen LogP contribution in [0.25, 0.3) is 27.5 Å². The molecule has 1 aromatic heterocycles. The first kappa shape index (κ1) is 25.0. The van der Waals surface area contributed by atoms with Crippen LogP contribution in [0.2, 0.25) is 0 Å². The number of hydrogen-bond acceptors (Lipinski definition) is 4. The lowest BCUT2D eigenvalue weighted by molar-refractivity contribution is 0.215. The summed E-state index contributed by atoms with van der Waals surface area (Å²) in [4.78, 5) is 5.02. The second kappa shape index (κ2) is 8.81. The molecule has 0 radical (unpaired) electrons. The molecule has 0 spiro atoms. The van der Waals surface area contributed by atoms with Gasteiger partial charge in [-0.05, 0) is 71.6 Å². The van der Waals surface area contributed by atoms with E-state index in [1.54, 1.807) is 0 Å². The molecule has 1 aliphatic carbocycles. The van der Waals surface area contributed by atoms with Crippen molar-refractivity contribution >= 4 is 67.9 Å². The van der Waals surface area contributed by atoms with Crippen LogP contribution in [-0.4, -0.2) is 23.4 Å². The van der Waals surface area contributed by atoms with Gasteiger partial charge < -0.3 is 23.8 Å². The van der Waals surface area contributed by atoms with Gasteiger partial charge in [0.1, 0.15) is 11.9 Å². The summed E-state index contributed by atoms with van der Waals surface area (Å²) in [5, 5.41) is 2.50. The lowest BCUT2D eigenvalue weighted by Crippen LogP contribution is -2.64. The van der Waals surface area contributed by atoms with Gasteiger partial charge in [-0.25, -0.2) is 0 Å². The first-order valence-electron chi connectivity index (χ1n) is 16.6. The van der Waals surface area contributed by atoms with E-state index in [1.807, 2.05) is 0 Å². The van der Waals surface area contributed by atoms with E-state index >= 15 is 0 Å². The minimum absolute atomic E-state index is 0.0165. The molecule has 0 saturated carbocycles.